The molecule has 6 aromatic rings. The van der Waals surface area contributed by atoms with E-state index in [1.807, 2.05) is 59.2 Å². The van der Waals surface area contributed by atoms with Crippen LogP contribution < -0.4 is 11.2 Å². The van der Waals surface area contributed by atoms with Gasteiger partial charge in [-0.1, -0.05) is 86.0 Å². The Morgan fingerprint density at radius 1 is 0.911 bits per heavy atom. The summed E-state index contributed by atoms with van der Waals surface area (Å²) in [4.78, 5) is 33.3. The Balaban J connectivity index is 1.39. The first kappa shape index (κ1) is 28.6. The maximum Gasteiger partial charge on any atom is 0.339 e. The average Bonchev–Trinajstić information content (AvgIpc) is 3.75. The van der Waals surface area contributed by atoms with Crippen LogP contribution in [0.3, 0.4) is 0 Å². The molecule has 3 heterocycles. The van der Waals surface area contributed by atoms with Crippen LogP contribution >= 0.6 is 0 Å². The van der Waals surface area contributed by atoms with Crippen molar-refractivity contribution in [2.75, 3.05) is 7.11 Å². The molecule has 0 spiro atoms. The Morgan fingerprint density at radius 2 is 1.62 bits per heavy atom. The van der Waals surface area contributed by atoms with Gasteiger partial charge in [-0.15, -0.1) is 10.2 Å². The van der Waals surface area contributed by atoms with Gasteiger partial charge in [0, 0.05) is 25.1 Å². The van der Waals surface area contributed by atoms with Gasteiger partial charge in [-0.2, -0.15) is 5.21 Å². The molecule has 3 aromatic carbocycles. The standard InChI is InChI=1S/C34H34N8O3/c1-22(45-2)41-33(43)29-32(42(34(41)44)26-13-7-4-8-14-26)35-31(25-11-5-3-6-12-25)40(29)21-23-17-19-24(20-18-23)27-15-9-10-16-28(27)30-36-38-39-37-30/h4,7-10,13-20,22,25H,3,5-6,11-12,21H2,1-2H3,(H,36,37,38,39). The zero-order valence-electron chi connectivity index (χ0n) is 25.3. The number of methoxy groups -OCH3 is 1. The molecule has 1 atom stereocenters. The van der Waals surface area contributed by atoms with E-state index in [1.54, 1.807) is 11.5 Å². The van der Waals surface area contributed by atoms with Gasteiger partial charge in [0.15, 0.2) is 11.2 Å². The third kappa shape index (κ3) is 5.18. The van der Waals surface area contributed by atoms with Gasteiger partial charge in [-0.05, 0) is 53.8 Å². The highest BCUT2D eigenvalue weighted by Crippen LogP contribution is 2.35. The second kappa shape index (κ2) is 12.1. The zero-order chi connectivity index (χ0) is 30.9. The van der Waals surface area contributed by atoms with Crippen LogP contribution in [0.15, 0.2) is 88.5 Å². The van der Waals surface area contributed by atoms with Gasteiger partial charge in [0.1, 0.15) is 12.1 Å². The maximum atomic E-state index is 14.2. The van der Waals surface area contributed by atoms with Crippen molar-refractivity contribution in [2.45, 2.75) is 57.7 Å². The number of aromatic nitrogens is 8. The molecule has 3 aromatic heterocycles. The number of benzene rings is 3. The summed E-state index contributed by atoms with van der Waals surface area (Å²) in [6.07, 6.45) is 4.64. The first-order valence-corrected chi connectivity index (χ1v) is 15.3. The second-order valence-electron chi connectivity index (χ2n) is 11.5. The minimum atomic E-state index is -0.760. The van der Waals surface area contributed by atoms with E-state index in [2.05, 4.69) is 44.9 Å². The first-order chi connectivity index (χ1) is 22.0. The molecule has 1 aliphatic rings. The SMILES string of the molecule is COC(C)n1c(=O)c2c(nc(C3CCCCC3)n2Cc2ccc(-c3ccccc3-c3nn[nH]n3)cc2)n(-c2ccccc2)c1=O. The third-order valence-electron chi connectivity index (χ3n) is 8.82. The number of nitrogens with zero attached hydrogens (tertiary/aromatic N) is 7. The topological polar surface area (TPSA) is 126 Å². The van der Waals surface area contributed by atoms with Crippen LogP contribution in [0, 0.1) is 0 Å². The number of hydrogen-bond acceptors (Lipinski definition) is 7. The highest BCUT2D eigenvalue weighted by molar-refractivity contribution is 5.80. The van der Waals surface area contributed by atoms with Crippen molar-refractivity contribution in [1.29, 1.82) is 0 Å². The second-order valence-corrected chi connectivity index (χ2v) is 11.5. The van der Waals surface area contributed by atoms with Gasteiger partial charge in [0.05, 0.1) is 5.69 Å². The van der Waals surface area contributed by atoms with E-state index in [0.717, 1.165) is 53.8 Å². The average molecular weight is 603 g/mol. The third-order valence-corrected chi connectivity index (χ3v) is 8.82. The number of para-hydroxylation sites is 1. The fourth-order valence-electron chi connectivity index (χ4n) is 6.47. The van der Waals surface area contributed by atoms with Crippen LogP contribution in [-0.4, -0.2) is 46.4 Å². The van der Waals surface area contributed by atoms with E-state index in [-0.39, 0.29) is 5.92 Å². The summed E-state index contributed by atoms with van der Waals surface area (Å²) in [5.74, 6) is 1.57. The lowest BCUT2D eigenvalue weighted by Crippen LogP contribution is -2.42. The lowest BCUT2D eigenvalue weighted by atomic mass is 9.88. The quantitative estimate of drug-likeness (QED) is 0.245. The molecule has 1 unspecified atom stereocenters. The summed E-state index contributed by atoms with van der Waals surface area (Å²) in [6.45, 7) is 2.14. The molecule has 1 saturated carbocycles. The number of hydrogen-bond donors (Lipinski definition) is 1. The summed E-state index contributed by atoms with van der Waals surface area (Å²) in [5, 5.41) is 14.6. The number of nitrogens with one attached hydrogen (secondary N) is 1. The van der Waals surface area contributed by atoms with E-state index in [1.165, 1.54) is 18.1 Å². The predicted octanol–water partition coefficient (Wildman–Crippen LogP) is 5.46. The van der Waals surface area contributed by atoms with Crippen molar-refractivity contribution in [3.63, 3.8) is 0 Å². The Labute approximate surface area is 259 Å². The highest BCUT2D eigenvalue weighted by Gasteiger charge is 2.28. The summed E-state index contributed by atoms with van der Waals surface area (Å²) in [5.41, 5.74) is 4.43. The number of tetrazole rings is 1. The number of rotatable bonds is 8. The van der Waals surface area contributed by atoms with Crippen LogP contribution in [-0.2, 0) is 11.3 Å². The minimum absolute atomic E-state index is 0.194. The molecule has 0 amide bonds. The molecule has 0 aliphatic heterocycles. The normalized spacial score (nSPS) is 14.6. The molecule has 0 bridgehead atoms. The highest BCUT2D eigenvalue weighted by atomic mass is 16.5. The molecule has 0 saturated heterocycles. The lowest BCUT2D eigenvalue weighted by molar-refractivity contribution is 0.0536. The maximum absolute atomic E-state index is 14.2. The molecule has 1 aliphatic carbocycles. The molecular formula is C34H34N8O3. The number of fused-ring (bicyclic) bond motifs is 1. The molecule has 1 N–H and O–H groups in total. The zero-order valence-corrected chi connectivity index (χ0v) is 25.3. The van der Waals surface area contributed by atoms with Gasteiger partial charge >= 0.3 is 5.69 Å². The van der Waals surface area contributed by atoms with Crippen LogP contribution in [0.25, 0.3) is 39.4 Å². The van der Waals surface area contributed by atoms with Gasteiger partial charge in [0.25, 0.3) is 5.56 Å². The number of H-pyrrole nitrogens is 1. The summed E-state index contributed by atoms with van der Waals surface area (Å²) >= 11 is 0. The predicted molar refractivity (Wildman–Crippen MR) is 171 cm³/mol. The van der Waals surface area contributed by atoms with Crippen molar-refractivity contribution in [3.05, 3.63) is 111 Å². The fraction of sp³-hybridized carbons (Fsp3) is 0.294. The molecule has 0 radical (unpaired) electrons. The summed E-state index contributed by atoms with van der Waals surface area (Å²) < 4.78 is 10.3. The number of imidazole rings is 1. The molecule has 11 heteroatoms. The largest absolute Gasteiger partial charge is 0.361 e. The Bertz CT molecular complexity index is 2060. The Hall–Kier alpha value is -5.16. The van der Waals surface area contributed by atoms with Crippen molar-refractivity contribution < 1.29 is 4.74 Å². The van der Waals surface area contributed by atoms with Crippen molar-refractivity contribution in [1.82, 2.24) is 39.3 Å². The number of aromatic amines is 1. The van der Waals surface area contributed by atoms with Gasteiger partial charge in [-0.3, -0.25) is 4.79 Å². The first-order valence-electron chi connectivity index (χ1n) is 15.3. The van der Waals surface area contributed by atoms with E-state index in [0.29, 0.717) is 29.2 Å². The molecule has 45 heavy (non-hydrogen) atoms. The minimum Gasteiger partial charge on any atom is -0.361 e. The van der Waals surface area contributed by atoms with Gasteiger partial charge in [-0.25, -0.2) is 18.9 Å². The molecule has 11 nitrogen and oxygen atoms in total. The molecule has 228 valence electrons. The summed E-state index contributed by atoms with van der Waals surface area (Å²) in [6, 6.07) is 25.6. The fourth-order valence-corrected chi connectivity index (χ4v) is 6.47. The number of ether oxygens (including phenoxy) is 1. The Morgan fingerprint density at radius 3 is 2.31 bits per heavy atom. The molecular weight excluding hydrogens is 568 g/mol. The van der Waals surface area contributed by atoms with Crippen LogP contribution in [0.2, 0.25) is 0 Å². The van der Waals surface area contributed by atoms with E-state index in [9.17, 15) is 9.59 Å². The van der Waals surface area contributed by atoms with Crippen LogP contribution in [0.1, 0.15) is 62.6 Å². The van der Waals surface area contributed by atoms with E-state index in [4.69, 9.17) is 9.72 Å². The lowest BCUT2D eigenvalue weighted by Gasteiger charge is -2.22. The monoisotopic (exact) mass is 602 g/mol. The van der Waals surface area contributed by atoms with Crippen LogP contribution in [0.5, 0.6) is 0 Å². The van der Waals surface area contributed by atoms with E-state index >= 15 is 0 Å². The van der Waals surface area contributed by atoms with Crippen molar-refractivity contribution in [2.24, 2.45) is 0 Å². The summed E-state index contributed by atoms with van der Waals surface area (Å²) in [7, 11) is 1.50. The molecule has 1 fully saturated rings. The Kier molecular flexibility index (Phi) is 7.68. The smallest absolute Gasteiger partial charge is 0.339 e. The van der Waals surface area contributed by atoms with Gasteiger partial charge in [0.2, 0.25) is 5.82 Å². The van der Waals surface area contributed by atoms with Gasteiger partial charge < -0.3 is 9.30 Å². The van der Waals surface area contributed by atoms with Crippen LogP contribution in [0.4, 0.5) is 0 Å². The van der Waals surface area contributed by atoms with Crippen molar-refractivity contribution >= 4 is 11.2 Å². The van der Waals surface area contributed by atoms with E-state index < -0.39 is 17.5 Å². The van der Waals surface area contributed by atoms with Crippen molar-refractivity contribution in [3.8, 4) is 28.2 Å². The molecule has 7 rings (SSSR count).